The molecule has 0 amide bonds. The zero-order valence-electron chi connectivity index (χ0n) is 18.0. The second-order valence-corrected chi connectivity index (χ2v) is 7.49. The van der Waals surface area contributed by atoms with Gasteiger partial charge >= 0.3 is 6.18 Å². The molecule has 30 heavy (non-hydrogen) atoms. The fourth-order valence-electron chi connectivity index (χ4n) is 2.69. The first-order valence-corrected chi connectivity index (χ1v) is 10.2. The highest BCUT2D eigenvalue weighted by atomic mass is 19.4. The van der Waals surface area contributed by atoms with Gasteiger partial charge in [-0.15, -0.1) is 0 Å². The summed E-state index contributed by atoms with van der Waals surface area (Å²) >= 11 is 0. The van der Waals surface area contributed by atoms with E-state index >= 15 is 0 Å². The predicted octanol–water partition coefficient (Wildman–Crippen LogP) is 6.08. The molecule has 2 aromatic heterocycles. The van der Waals surface area contributed by atoms with Gasteiger partial charge in [0.2, 0.25) is 11.9 Å². The second kappa shape index (κ2) is 10.4. The van der Waals surface area contributed by atoms with Crippen molar-refractivity contribution >= 4 is 23.2 Å². The van der Waals surface area contributed by atoms with E-state index in [1.807, 2.05) is 13.8 Å². The third kappa shape index (κ3) is 6.96. The van der Waals surface area contributed by atoms with Gasteiger partial charge in [-0.1, -0.05) is 39.7 Å². The lowest BCUT2D eigenvalue weighted by Crippen LogP contribution is -2.15. The van der Waals surface area contributed by atoms with Crippen molar-refractivity contribution in [2.45, 2.75) is 66.1 Å². The molecule has 0 fully saturated rings. The fraction of sp³-hybridized carbons (Fsp3) is 0.524. The molecule has 1 atom stereocenters. The Morgan fingerprint density at radius 2 is 1.80 bits per heavy atom. The highest BCUT2D eigenvalue weighted by molar-refractivity contribution is 5.63. The maximum absolute atomic E-state index is 13.0. The zero-order chi connectivity index (χ0) is 22.3. The lowest BCUT2D eigenvalue weighted by Gasteiger charge is -2.15. The van der Waals surface area contributed by atoms with Crippen LogP contribution in [0.2, 0.25) is 0 Å². The number of halogens is 3. The van der Waals surface area contributed by atoms with Crippen molar-refractivity contribution in [2.75, 3.05) is 10.6 Å². The largest absolute Gasteiger partial charge is 0.433 e. The van der Waals surface area contributed by atoms with Crippen molar-refractivity contribution < 1.29 is 13.2 Å². The molecule has 1 unspecified atom stereocenters. The number of hydrogen-bond donors (Lipinski definition) is 2. The van der Waals surface area contributed by atoms with Gasteiger partial charge in [-0.05, 0) is 43.9 Å². The molecule has 0 saturated heterocycles. The molecule has 0 saturated carbocycles. The van der Waals surface area contributed by atoms with E-state index in [1.165, 1.54) is 6.07 Å². The van der Waals surface area contributed by atoms with Crippen molar-refractivity contribution in [3.8, 4) is 0 Å². The maximum atomic E-state index is 13.0. The summed E-state index contributed by atoms with van der Waals surface area (Å²) in [6, 6.07) is 2.45. The zero-order valence-corrected chi connectivity index (χ0v) is 18.0. The summed E-state index contributed by atoms with van der Waals surface area (Å²) < 4.78 is 38.9. The molecule has 9 heteroatoms. The highest BCUT2D eigenvalue weighted by Gasteiger charge is 2.32. The van der Waals surface area contributed by atoms with Crippen LogP contribution in [0.1, 0.15) is 65.4 Å². The summed E-state index contributed by atoms with van der Waals surface area (Å²) in [7, 11) is 0. The predicted molar refractivity (Wildman–Crippen MR) is 113 cm³/mol. The van der Waals surface area contributed by atoms with E-state index in [4.69, 9.17) is 0 Å². The molecule has 0 aromatic carbocycles. The molecule has 0 aliphatic carbocycles. The van der Waals surface area contributed by atoms with Crippen LogP contribution in [0, 0.1) is 5.92 Å². The van der Waals surface area contributed by atoms with Crippen molar-refractivity contribution in [3.05, 3.63) is 35.9 Å². The summed E-state index contributed by atoms with van der Waals surface area (Å²) in [5.41, 5.74) is 0.216. The third-order valence-electron chi connectivity index (χ3n) is 4.30. The monoisotopic (exact) mass is 422 g/mol. The first-order valence-electron chi connectivity index (χ1n) is 10.2. The van der Waals surface area contributed by atoms with Crippen LogP contribution in [0.5, 0.6) is 0 Å². The molecule has 2 N–H and O–H groups in total. The number of alkyl halides is 3. The summed E-state index contributed by atoms with van der Waals surface area (Å²) in [6.07, 6.45) is 1.42. The van der Waals surface area contributed by atoms with E-state index in [2.05, 4.69) is 57.4 Å². The van der Waals surface area contributed by atoms with E-state index in [0.717, 1.165) is 37.1 Å². The van der Waals surface area contributed by atoms with Crippen LogP contribution in [-0.2, 0) is 6.18 Å². The number of aromatic nitrogens is 4. The van der Waals surface area contributed by atoms with Gasteiger partial charge in [0.1, 0.15) is 5.69 Å². The number of nitrogens with one attached hydrogen (secondary N) is 2. The van der Waals surface area contributed by atoms with Crippen LogP contribution in [0.3, 0.4) is 0 Å². The summed E-state index contributed by atoms with van der Waals surface area (Å²) in [4.78, 5) is 16.7. The number of anilines is 3. The SMILES string of the molecule is CCC/C(=C\C(C)CC)c1nc(Nc2ccnc(C(F)(F)F)c2)nc(NC(C)C)n1. The van der Waals surface area contributed by atoms with E-state index < -0.39 is 11.9 Å². The topological polar surface area (TPSA) is 75.6 Å². The van der Waals surface area contributed by atoms with E-state index in [0.29, 0.717) is 17.7 Å². The molecule has 0 aliphatic rings. The van der Waals surface area contributed by atoms with Gasteiger partial charge in [0, 0.05) is 17.9 Å². The van der Waals surface area contributed by atoms with Crippen molar-refractivity contribution in [1.82, 2.24) is 19.9 Å². The Bertz CT molecular complexity index is 864. The number of pyridine rings is 1. The van der Waals surface area contributed by atoms with Crippen molar-refractivity contribution in [1.29, 1.82) is 0 Å². The van der Waals surface area contributed by atoms with Gasteiger partial charge in [0.05, 0.1) is 0 Å². The fourth-order valence-corrected chi connectivity index (χ4v) is 2.69. The molecule has 2 heterocycles. The Hall–Kier alpha value is -2.71. The average Bonchev–Trinajstić information content (AvgIpc) is 2.66. The Morgan fingerprint density at radius 1 is 1.10 bits per heavy atom. The van der Waals surface area contributed by atoms with Crippen molar-refractivity contribution in [2.24, 2.45) is 5.92 Å². The first kappa shape index (κ1) is 23.6. The van der Waals surface area contributed by atoms with Gasteiger partial charge in [-0.3, -0.25) is 4.98 Å². The summed E-state index contributed by atoms with van der Waals surface area (Å²) in [5, 5.41) is 6.01. The van der Waals surface area contributed by atoms with Crippen LogP contribution in [0.15, 0.2) is 24.4 Å². The van der Waals surface area contributed by atoms with Gasteiger partial charge in [-0.2, -0.15) is 28.1 Å². The summed E-state index contributed by atoms with van der Waals surface area (Å²) in [5.74, 6) is 1.42. The quantitative estimate of drug-likeness (QED) is 0.510. The number of nitrogens with zero attached hydrogens (tertiary/aromatic N) is 4. The van der Waals surface area contributed by atoms with Gasteiger partial charge in [0.25, 0.3) is 0 Å². The molecule has 0 spiro atoms. The molecular formula is C21H29F3N6. The smallest absolute Gasteiger partial charge is 0.352 e. The molecule has 0 radical (unpaired) electrons. The van der Waals surface area contributed by atoms with Gasteiger partial charge in [-0.25, -0.2) is 0 Å². The minimum Gasteiger partial charge on any atom is -0.352 e. The standard InChI is InChI=1S/C21H29F3N6/c1-6-8-15(11-14(5)7-2)18-28-19(26-13(3)4)30-20(29-18)27-16-9-10-25-17(12-16)21(22,23)24/h9-14H,6-8H2,1-5H3,(H2,25,26,27,28,29,30)/b15-11+. The lowest BCUT2D eigenvalue weighted by atomic mass is 10.0. The van der Waals surface area contributed by atoms with E-state index in [-0.39, 0.29) is 17.7 Å². The van der Waals surface area contributed by atoms with Crippen molar-refractivity contribution in [3.63, 3.8) is 0 Å². The second-order valence-electron chi connectivity index (χ2n) is 7.49. The minimum absolute atomic E-state index is 0.0824. The average molecular weight is 422 g/mol. The van der Waals surface area contributed by atoms with Crippen LogP contribution in [0.25, 0.3) is 5.57 Å². The molecule has 2 rings (SSSR count). The minimum atomic E-state index is -4.53. The van der Waals surface area contributed by atoms with Gasteiger partial charge < -0.3 is 10.6 Å². The van der Waals surface area contributed by atoms with Gasteiger partial charge in [0.15, 0.2) is 5.82 Å². The Kier molecular flexibility index (Phi) is 8.14. The summed E-state index contributed by atoms with van der Waals surface area (Å²) in [6.45, 7) is 10.2. The Balaban J connectivity index is 2.46. The molecule has 0 aliphatic heterocycles. The normalized spacial score (nSPS) is 13.4. The van der Waals surface area contributed by atoms with Crippen LogP contribution in [0.4, 0.5) is 30.8 Å². The maximum Gasteiger partial charge on any atom is 0.433 e. The number of hydrogen-bond acceptors (Lipinski definition) is 6. The Morgan fingerprint density at radius 3 is 2.40 bits per heavy atom. The van der Waals surface area contributed by atoms with E-state index in [9.17, 15) is 13.2 Å². The number of rotatable bonds is 9. The molecule has 164 valence electrons. The number of allylic oxidation sites excluding steroid dienone is 2. The Labute approximate surface area is 175 Å². The van der Waals surface area contributed by atoms with E-state index in [1.54, 1.807) is 0 Å². The first-order chi connectivity index (χ1) is 14.1. The molecule has 2 aromatic rings. The highest BCUT2D eigenvalue weighted by Crippen LogP contribution is 2.29. The molecular weight excluding hydrogens is 393 g/mol. The van der Waals surface area contributed by atoms with Crippen LogP contribution in [-0.4, -0.2) is 26.0 Å². The third-order valence-corrected chi connectivity index (χ3v) is 4.30. The molecule has 0 bridgehead atoms. The lowest BCUT2D eigenvalue weighted by molar-refractivity contribution is -0.141. The van der Waals surface area contributed by atoms with Crippen LogP contribution < -0.4 is 10.6 Å². The molecule has 6 nitrogen and oxygen atoms in total. The van der Waals surface area contributed by atoms with Crippen LogP contribution >= 0.6 is 0 Å².